The summed E-state index contributed by atoms with van der Waals surface area (Å²) in [4.78, 5) is 24.1. The molecule has 0 aliphatic carbocycles. The van der Waals surface area contributed by atoms with Crippen LogP contribution in [0.25, 0.3) is 0 Å². The number of carbonyl (C=O) groups is 1. The van der Waals surface area contributed by atoms with Gasteiger partial charge in [0.05, 0.1) is 12.8 Å². The molecule has 0 saturated carbocycles. The summed E-state index contributed by atoms with van der Waals surface area (Å²) in [5.41, 5.74) is 3.37. The van der Waals surface area contributed by atoms with E-state index in [1.165, 1.54) is 6.42 Å². The highest BCUT2D eigenvalue weighted by Gasteiger charge is 2.24. The molecule has 28 heavy (non-hydrogen) atoms. The molecule has 6 heteroatoms. The van der Waals surface area contributed by atoms with E-state index in [1.54, 1.807) is 7.11 Å². The number of aryl methyl sites for hydroxylation is 1. The van der Waals surface area contributed by atoms with Crippen molar-refractivity contribution in [3.63, 3.8) is 0 Å². The molecule has 2 aliphatic heterocycles. The van der Waals surface area contributed by atoms with Crippen LogP contribution >= 0.6 is 0 Å². The second kappa shape index (κ2) is 8.69. The Bertz CT molecular complexity index is 816. The fourth-order valence-corrected chi connectivity index (χ4v) is 4.01. The largest absolute Gasteiger partial charge is 0.497 e. The third-order valence-electron chi connectivity index (χ3n) is 5.75. The first-order chi connectivity index (χ1) is 13.7. The smallest absolute Gasteiger partial charge is 0.223 e. The van der Waals surface area contributed by atoms with Gasteiger partial charge < -0.3 is 15.0 Å². The van der Waals surface area contributed by atoms with Gasteiger partial charge in [0.15, 0.2) is 0 Å². The zero-order valence-electron chi connectivity index (χ0n) is 16.5. The maximum absolute atomic E-state index is 12.7. The number of hydrogen-bond acceptors (Lipinski definition) is 5. The van der Waals surface area contributed by atoms with Crippen molar-refractivity contribution in [2.45, 2.75) is 44.6 Å². The molecule has 0 bridgehead atoms. The van der Waals surface area contributed by atoms with E-state index >= 15 is 0 Å². The quantitative estimate of drug-likeness (QED) is 0.863. The van der Waals surface area contributed by atoms with E-state index in [1.807, 2.05) is 35.4 Å². The Labute approximate surface area is 166 Å². The number of hydrogen-bond donors (Lipinski definition) is 1. The van der Waals surface area contributed by atoms with Gasteiger partial charge in [-0.2, -0.15) is 0 Å². The molecular formula is C22H28N4O2. The predicted molar refractivity (Wildman–Crippen MR) is 107 cm³/mol. The summed E-state index contributed by atoms with van der Waals surface area (Å²) < 4.78 is 5.18. The van der Waals surface area contributed by atoms with Crippen LogP contribution in [0.3, 0.4) is 0 Å². The molecule has 2 aliphatic rings. The minimum absolute atomic E-state index is 0.196. The number of rotatable bonds is 5. The molecule has 1 saturated heterocycles. The lowest BCUT2D eigenvalue weighted by Crippen LogP contribution is -2.37. The minimum Gasteiger partial charge on any atom is -0.497 e. The summed E-state index contributed by atoms with van der Waals surface area (Å²) in [6, 6.07) is 7.92. The van der Waals surface area contributed by atoms with Gasteiger partial charge in [-0.25, -0.2) is 9.97 Å². The topological polar surface area (TPSA) is 67.3 Å². The van der Waals surface area contributed by atoms with Gasteiger partial charge in [0.25, 0.3) is 0 Å². The number of amides is 1. The van der Waals surface area contributed by atoms with Crippen molar-refractivity contribution in [1.29, 1.82) is 0 Å². The normalized spacial score (nSPS) is 19.2. The number of nitrogens with one attached hydrogen (secondary N) is 1. The molecule has 1 atom stereocenters. The molecule has 0 spiro atoms. The molecule has 2 aromatic rings. The van der Waals surface area contributed by atoms with E-state index in [2.05, 4.69) is 10.3 Å². The molecule has 1 aromatic carbocycles. The number of benzene rings is 1. The average molecular weight is 380 g/mol. The lowest BCUT2D eigenvalue weighted by Gasteiger charge is -2.29. The SMILES string of the molecule is COc1ccc(CCC(=O)N2CCc3nc(C4CCCNC4)ncc3C2)cc1. The Hall–Kier alpha value is -2.47. The van der Waals surface area contributed by atoms with Crippen LogP contribution in [0.15, 0.2) is 30.5 Å². The molecule has 4 rings (SSSR count). The van der Waals surface area contributed by atoms with E-state index in [0.717, 1.165) is 67.3 Å². The van der Waals surface area contributed by atoms with E-state index in [-0.39, 0.29) is 5.91 Å². The molecule has 1 fully saturated rings. The average Bonchev–Trinajstić information content (AvgIpc) is 2.77. The second-order valence-electron chi connectivity index (χ2n) is 7.66. The molecule has 148 valence electrons. The number of methoxy groups -OCH3 is 1. The minimum atomic E-state index is 0.196. The third-order valence-corrected chi connectivity index (χ3v) is 5.75. The molecule has 1 amide bonds. The van der Waals surface area contributed by atoms with Gasteiger partial charge in [-0.3, -0.25) is 4.79 Å². The molecule has 0 radical (unpaired) electrons. The predicted octanol–water partition coefficient (Wildman–Crippen LogP) is 2.47. The maximum Gasteiger partial charge on any atom is 0.223 e. The Morgan fingerprint density at radius 2 is 2.18 bits per heavy atom. The maximum atomic E-state index is 12.7. The second-order valence-corrected chi connectivity index (χ2v) is 7.66. The Morgan fingerprint density at radius 1 is 1.32 bits per heavy atom. The van der Waals surface area contributed by atoms with Crippen LogP contribution in [0.1, 0.15) is 47.8 Å². The highest BCUT2D eigenvalue weighted by Crippen LogP contribution is 2.23. The van der Waals surface area contributed by atoms with Crippen molar-refractivity contribution >= 4 is 5.91 Å². The Morgan fingerprint density at radius 3 is 2.93 bits per heavy atom. The van der Waals surface area contributed by atoms with E-state index in [0.29, 0.717) is 18.9 Å². The van der Waals surface area contributed by atoms with Gasteiger partial charge in [-0.1, -0.05) is 12.1 Å². The Balaban J connectivity index is 1.34. The van der Waals surface area contributed by atoms with Gasteiger partial charge in [0.2, 0.25) is 5.91 Å². The first kappa shape index (κ1) is 18.9. The van der Waals surface area contributed by atoms with Crippen molar-refractivity contribution in [1.82, 2.24) is 20.2 Å². The summed E-state index contributed by atoms with van der Waals surface area (Å²) >= 11 is 0. The number of nitrogens with zero attached hydrogens (tertiary/aromatic N) is 3. The van der Waals surface area contributed by atoms with Crippen molar-refractivity contribution in [2.24, 2.45) is 0 Å². The standard InChI is InChI=1S/C22H28N4O2/c1-28-19-7-4-16(5-8-19)6-9-21(27)26-12-10-20-18(15-26)14-24-22(25-20)17-3-2-11-23-13-17/h4-5,7-8,14,17,23H,2-3,6,9-13,15H2,1H3. The number of fused-ring (bicyclic) bond motifs is 1. The van der Waals surface area contributed by atoms with Crippen molar-refractivity contribution in [3.8, 4) is 5.75 Å². The van der Waals surface area contributed by atoms with Crippen LogP contribution in [0.2, 0.25) is 0 Å². The van der Waals surface area contributed by atoms with Crippen LogP contribution in [0.4, 0.5) is 0 Å². The van der Waals surface area contributed by atoms with Crippen LogP contribution < -0.4 is 10.1 Å². The molecule has 1 N–H and O–H groups in total. The summed E-state index contributed by atoms with van der Waals surface area (Å²) in [5.74, 6) is 2.42. The van der Waals surface area contributed by atoms with Crippen LogP contribution in [-0.2, 0) is 24.2 Å². The Kier molecular flexibility index (Phi) is 5.86. The van der Waals surface area contributed by atoms with Crippen molar-refractivity contribution in [2.75, 3.05) is 26.7 Å². The molecule has 1 unspecified atom stereocenters. The molecule has 1 aromatic heterocycles. The highest BCUT2D eigenvalue weighted by molar-refractivity contribution is 5.76. The van der Waals surface area contributed by atoms with E-state index in [4.69, 9.17) is 9.72 Å². The lowest BCUT2D eigenvalue weighted by atomic mass is 9.98. The molecule has 6 nitrogen and oxygen atoms in total. The van der Waals surface area contributed by atoms with Gasteiger partial charge in [-0.05, 0) is 43.5 Å². The van der Waals surface area contributed by atoms with E-state index in [9.17, 15) is 4.79 Å². The van der Waals surface area contributed by atoms with Crippen molar-refractivity contribution < 1.29 is 9.53 Å². The lowest BCUT2D eigenvalue weighted by molar-refractivity contribution is -0.132. The van der Waals surface area contributed by atoms with E-state index < -0.39 is 0 Å². The highest BCUT2D eigenvalue weighted by atomic mass is 16.5. The molecule has 3 heterocycles. The summed E-state index contributed by atoms with van der Waals surface area (Å²) in [7, 11) is 1.66. The van der Waals surface area contributed by atoms with Crippen molar-refractivity contribution in [3.05, 3.63) is 53.1 Å². The number of aromatic nitrogens is 2. The molecular weight excluding hydrogens is 352 g/mol. The third kappa shape index (κ3) is 4.33. The van der Waals surface area contributed by atoms with Gasteiger partial charge >= 0.3 is 0 Å². The summed E-state index contributed by atoms with van der Waals surface area (Å²) in [5, 5.41) is 3.43. The number of carbonyl (C=O) groups excluding carboxylic acids is 1. The monoisotopic (exact) mass is 380 g/mol. The number of piperidine rings is 1. The van der Waals surface area contributed by atoms with Crippen LogP contribution in [-0.4, -0.2) is 47.5 Å². The first-order valence-electron chi connectivity index (χ1n) is 10.2. The van der Waals surface area contributed by atoms with Crippen LogP contribution in [0.5, 0.6) is 5.75 Å². The van der Waals surface area contributed by atoms with Gasteiger partial charge in [-0.15, -0.1) is 0 Å². The zero-order valence-corrected chi connectivity index (χ0v) is 16.5. The zero-order chi connectivity index (χ0) is 19.3. The first-order valence-corrected chi connectivity index (χ1v) is 10.2. The van der Waals surface area contributed by atoms with Crippen LogP contribution in [0, 0.1) is 0 Å². The fourth-order valence-electron chi connectivity index (χ4n) is 4.01. The fraction of sp³-hybridized carbons (Fsp3) is 0.500. The number of ether oxygens (including phenoxy) is 1. The van der Waals surface area contributed by atoms with Gasteiger partial charge in [0, 0.05) is 50.2 Å². The van der Waals surface area contributed by atoms with Gasteiger partial charge in [0.1, 0.15) is 11.6 Å². The summed E-state index contributed by atoms with van der Waals surface area (Å²) in [6.07, 6.45) is 6.36. The summed E-state index contributed by atoms with van der Waals surface area (Å²) in [6.45, 7) is 3.43.